The number of ketones is 1. The number of halogens is 1. The number of aromatic nitrogens is 1. The molecule has 3 N–H and O–H groups in total. The molecule has 4 heteroatoms. The minimum atomic E-state index is -0.504. The molecule has 94 valence electrons. The van der Waals surface area contributed by atoms with Gasteiger partial charge in [-0.3, -0.25) is 4.79 Å². The highest BCUT2D eigenvalue weighted by atomic mass is 19.1. The summed E-state index contributed by atoms with van der Waals surface area (Å²) in [5.74, 6) is -0.745. The van der Waals surface area contributed by atoms with Gasteiger partial charge < -0.3 is 10.7 Å². The number of H-pyrrole nitrogens is 1. The van der Waals surface area contributed by atoms with E-state index in [2.05, 4.69) is 4.98 Å². The van der Waals surface area contributed by atoms with Gasteiger partial charge >= 0.3 is 0 Å². The molecule has 0 saturated carbocycles. The van der Waals surface area contributed by atoms with E-state index in [-0.39, 0.29) is 17.0 Å². The molecular formula is C14H15FN2O. The normalized spacial score (nSPS) is 10.7. The summed E-state index contributed by atoms with van der Waals surface area (Å²) in [6, 6.07) is 3.87. The van der Waals surface area contributed by atoms with Crippen molar-refractivity contribution in [2.45, 2.75) is 20.8 Å². The third-order valence-electron chi connectivity index (χ3n) is 3.22. The van der Waals surface area contributed by atoms with Crippen molar-refractivity contribution >= 4 is 11.5 Å². The zero-order valence-electron chi connectivity index (χ0n) is 10.6. The van der Waals surface area contributed by atoms with Gasteiger partial charge in [0.2, 0.25) is 5.78 Å². The Labute approximate surface area is 105 Å². The van der Waals surface area contributed by atoms with Crippen LogP contribution in [0.15, 0.2) is 18.2 Å². The molecule has 0 saturated heterocycles. The summed E-state index contributed by atoms with van der Waals surface area (Å²) in [4.78, 5) is 15.3. The summed E-state index contributed by atoms with van der Waals surface area (Å²) in [6.45, 7) is 5.71. The maximum Gasteiger partial charge on any atom is 0.209 e. The summed E-state index contributed by atoms with van der Waals surface area (Å²) < 4.78 is 13.2. The van der Waals surface area contributed by atoms with Gasteiger partial charge in [0.05, 0.1) is 5.69 Å². The van der Waals surface area contributed by atoms with E-state index in [1.165, 1.54) is 18.2 Å². The van der Waals surface area contributed by atoms with Crippen LogP contribution in [0.5, 0.6) is 0 Å². The van der Waals surface area contributed by atoms with E-state index >= 15 is 0 Å². The Kier molecular flexibility index (Phi) is 2.95. The quantitative estimate of drug-likeness (QED) is 0.632. The molecule has 0 aliphatic rings. The number of aromatic amines is 1. The SMILES string of the molecule is Cc1[nH]c(C(=O)c2cc(N)cc(F)c2)c(C)c1C. The molecule has 0 spiro atoms. The fraction of sp³-hybridized carbons (Fsp3) is 0.214. The summed E-state index contributed by atoms with van der Waals surface area (Å²) in [5.41, 5.74) is 9.43. The maximum absolute atomic E-state index is 13.2. The third-order valence-corrected chi connectivity index (χ3v) is 3.22. The Morgan fingerprint density at radius 3 is 2.33 bits per heavy atom. The minimum Gasteiger partial charge on any atom is -0.399 e. The van der Waals surface area contributed by atoms with Gasteiger partial charge in [0.1, 0.15) is 5.82 Å². The van der Waals surface area contributed by atoms with Crippen LogP contribution in [0.2, 0.25) is 0 Å². The second-order valence-electron chi connectivity index (χ2n) is 4.48. The Bertz CT molecular complexity index is 609. The molecule has 2 aromatic rings. The number of rotatable bonds is 2. The van der Waals surface area contributed by atoms with E-state index in [0.717, 1.165) is 16.8 Å². The second kappa shape index (κ2) is 4.29. The van der Waals surface area contributed by atoms with E-state index in [9.17, 15) is 9.18 Å². The monoisotopic (exact) mass is 246 g/mol. The van der Waals surface area contributed by atoms with Gasteiger partial charge in [-0.1, -0.05) is 0 Å². The van der Waals surface area contributed by atoms with Crippen molar-refractivity contribution in [3.05, 3.63) is 52.1 Å². The molecule has 1 aromatic heterocycles. The largest absolute Gasteiger partial charge is 0.399 e. The van der Waals surface area contributed by atoms with Crippen LogP contribution in [0.1, 0.15) is 32.9 Å². The average molecular weight is 246 g/mol. The second-order valence-corrected chi connectivity index (χ2v) is 4.48. The van der Waals surface area contributed by atoms with E-state index in [1.54, 1.807) is 0 Å². The van der Waals surface area contributed by atoms with Crippen molar-refractivity contribution in [1.82, 2.24) is 4.98 Å². The fourth-order valence-electron chi connectivity index (χ4n) is 1.96. The van der Waals surface area contributed by atoms with E-state index < -0.39 is 5.82 Å². The molecule has 1 heterocycles. The summed E-state index contributed by atoms with van der Waals surface area (Å²) in [6.07, 6.45) is 0. The van der Waals surface area contributed by atoms with Crippen molar-refractivity contribution in [3.63, 3.8) is 0 Å². The standard InChI is InChI=1S/C14H15FN2O/c1-7-8(2)13(17-9(7)3)14(18)10-4-11(15)6-12(16)5-10/h4-6,17H,16H2,1-3H3. The first kappa shape index (κ1) is 12.4. The lowest BCUT2D eigenvalue weighted by molar-refractivity contribution is 0.103. The highest BCUT2D eigenvalue weighted by molar-refractivity contribution is 6.09. The van der Waals surface area contributed by atoms with Gasteiger partial charge in [0, 0.05) is 16.9 Å². The lowest BCUT2D eigenvalue weighted by Gasteiger charge is -2.03. The lowest BCUT2D eigenvalue weighted by atomic mass is 10.0. The Morgan fingerprint density at radius 2 is 1.83 bits per heavy atom. The van der Waals surface area contributed by atoms with Crippen molar-refractivity contribution in [2.75, 3.05) is 5.73 Å². The van der Waals surface area contributed by atoms with E-state index in [0.29, 0.717) is 5.69 Å². The molecule has 0 unspecified atom stereocenters. The first-order valence-electron chi connectivity index (χ1n) is 5.66. The van der Waals surface area contributed by atoms with Crippen molar-refractivity contribution in [2.24, 2.45) is 0 Å². The fourth-order valence-corrected chi connectivity index (χ4v) is 1.96. The van der Waals surface area contributed by atoms with Crippen LogP contribution in [0.25, 0.3) is 0 Å². The number of hydrogen-bond donors (Lipinski definition) is 2. The summed E-state index contributed by atoms with van der Waals surface area (Å²) in [5, 5.41) is 0. The molecule has 18 heavy (non-hydrogen) atoms. The number of nitrogen functional groups attached to an aromatic ring is 1. The average Bonchev–Trinajstić information content (AvgIpc) is 2.55. The predicted octanol–water partition coefficient (Wildman–Crippen LogP) is 2.89. The van der Waals surface area contributed by atoms with Crippen LogP contribution < -0.4 is 5.73 Å². The van der Waals surface area contributed by atoms with Crippen LogP contribution in [-0.4, -0.2) is 10.8 Å². The Hall–Kier alpha value is -2.10. The van der Waals surface area contributed by atoms with Crippen LogP contribution in [0, 0.1) is 26.6 Å². The molecule has 3 nitrogen and oxygen atoms in total. The first-order valence-corrected chi connectivity index (χ1v) is 5.66. The molecule has 0 aliphatic heterocycles. The van der Waals surface area contributed by atoms with Crippen LogP contribution >= 0.6 is 0 Å². The van der Waals surface area contributed by atoms with Gasteiger partial charge in [-0.05, 0) is 50.1 Å². The molecule has 0 radical (unpaired) electrons. The third kappa shape index (κ3) is 2.01. The highest BCUT2D eigenvalue weighted by Crippen LogP contribution is 2.21. The van der Waals surface area contributed by atoms with Gasteiger partial charge in [-0.25, -0.2) is 4.39 Å². The Balaban J connectivity index is 2.51. The molecular weight excluding hydrogens is 231 g/mol. The van der Waals surface area contributed by atoms with Crippen LogP contribution in [-0.2, 0) is 0 Å². The highest BCUT2D eigenvalue weighted by Gasteiger charge is 2.17. The first-order chi connectivity index (χ1) is 8.40. The van der Waals surface area contributed by atoms with Crippen molar-refractivity contribution < 1.29 is 9.18 Å². The van der Waals surface area contributed by atoms with E-state index in [1.807, 2.05) is 20.8 Å². The number of benzene rings is 1. The minimum absolute atomic E-state index is 0.241. The van der Waals surface area contributed by atoms with Crippen molar-refractivity contribution in [3.8, 4) is 0 Å². The molecule has 2 rings (SSSR count). The zero-order chi connectivity index (χ0) is 13.4. The van der Waals surface area contributed by atoms with Crippen LogP contribution in [0.3, 0.4) is 0 Å². The number of carbonyl (C=O) groups excluding carboxylic acids is 1. The van der Waals surface area contributed by atoms with Gasteiger partial charge in [0.15, 0.2) is 0 Å². The molecule has 0 aliphatic carbocycles. The summed E-state index contributed by atoms with van der Waals surface area (Å²) >= 11 is 0. The van der Waals surface area contributed by atoms with Gasteiger partial charge in [-0.15, -0.1) is 0 Å². The summed E-state index contributed by atoms with van der Waals surface area (Å²) in [7, 11) is 0. The number of carbonyl (C=O) groups is 1. The Morgan fingerprint density at radius 1 is 1.17 bits per heavy atom. The molecule has 1 aromatic carbocycles. The molecule has 0 bridgehead atoms. The smallest absolute Gasteiger partial charge is 0.209 e. The number of hydrogen-bond acceptors (Lipinski definition) is 2. The maximum atomic E-state index is 13.2. The van der Waals surface area contributed by atoms with Gasteiger partial charge in [0.25, 0.3) is 0 Å². The number of anilines is 1. The zero-order valence-corrected chi connectivity index (χ0v) is 10.6. The number of nitrogens with two attached hydrogens (primary N) is 1. The number of aryl methyl sites for hydroxylation is 1. The molecule has 0 fully saturated rings. The molecule has 0 amide bonds. The van der Waals surface area contributed by atoms with E-state index in [4.69, 9.17) is 5.73 Å². The number of nitrogens with one attached hydrogen (secondary N) is 1. The topological polar surface area (TPSA) is 58.9 Å². The van der Waals surface area contributed by atoms with Crippen molar-refractivity contribution in [1.29, 1.82) is 0 Å². The van der Waals surface area contributed by atoms with Crippen LogP contribution in [0.4, 0.5) is 10.1 Å². The van der Waals surface area contributed by atoms with Gasteiger partial charge in [-0.2, -0.15) is 0 Å². The lowest BCUT2D eigenvalue weighted by Crippen LogP contribution is -2.05. The predicted molar refractivity (Wildman–Crippen MR) is 69.2 cm³/mol. The molecule has 0 atom stereocenters.